The standard InChI is InChI=1S/C15H20O5S/c1-10-7-13(9-16)8-11(2)15(10)21(18,19)12(3)5-6-14(17)20-4/h7-9,12H,5-6H2,1-4H3. The van der Waals surface area contributed by atoms with E-state index in [0.29, 0.717) is 23.0 Å². The molecule has 1 rings (SSSR count). The first kappa shape index (κ1) is 17.4. The zero-order valence-corrected chi connectivity index (χ0v) is 13.5. The number of methoxy groups -OCH3 is 1. The van der Waals surface area contributed by atoms with Gasteiger partial charge in [-0.1, -0.05) is 0 Å². The zero-order valence-electron chi connectivity index (χ0n) is 12.7. The lowest BCUT2D eigenvalue weighted by molar-refractivity contribution is -0.140. The van der Waals surface area contributed by atoms with E-state index in [9.17, 15) is 18.0 Å². The molecule has 1 aromatic carbocycles. The SMILES string of the molecule is COC(=O)CCC(C)S(=O)(=O)c1c(C)cc(C=O)cc1C. The molecule has 116 valence electrons. The topological polar surface area (TPSA) is 77.5 Å². The van der Waals surface area contributed by atoms with Gasteiger partial charge in [0.1, 0.15) is 6.29 Å². The lowest BCUT2D eigenvalue weighted by Gasteiger charge is -2.17. The number of aldehydes is 1. The summed E-state index contributed by atoms with van der Waals surface area (Å²) >= 11 is 0. The highest BCUT2D eigenvalue weighted by atomic mass is 32.2. The molecule has 0 amide bonds. The van der Waals surface area contributed by atoms with Gasteiger partial charge in [0.15, 0.2) is 9.84 Å². The van der Waals surface area contributed by atoms with Crippen molar-refractivity contribution in [3.05, 3.63) is 28.8 Å². The molecule has 0 saturated heterocycles. The molecule has 1 unspecified atom stereocenters. The Morgan fingerprint density at radius 3 is 2.24 bits per heavy atom. The largest absolute Gasteiger partial charge is 0.469 e. The van der Waals surface area contributed by atoms with Crippen LogP contribution in [0.5, 0.6) is 0 Å². The fourth-order valence-corrected chi connectivity index (χ4v) is 4.13. The molecule has 1 atom stereocenters. The van der Waals surface area contributed by atoms with Crippen LogP contribution in [0.25, 0.3) is 0 Å². The number of hydrogen-bond acceptors (Lipinski definition) is 5. The number of esters is 1. The number of ether oxygens (including phenoxy) is 1. The molecule has 0 bridgehead atoms. The summed E-state index contributed by atoms with van der Waals surface area (Å²) in [4.78, 5) is 22.2. The van der Waals surface area contributed by atoms with Gasteiger partial charge in [0.25, 0.3) is 0 Å². The number of carbonyl (C=O) groups excluding carboxylic acids is 2. The van der Waals surface area contributed by atoms with Crippen LogP contribution < -0.4 is 0 Å². The molecule has 5 nitrogen and oxygen atoms in total. The molecule has 0 N–H and O–H groups in total. The molecule has 1 aromatic rings. The summed E-state index contributed by atoms with van der Waals surface area (Å²) in [5.41, 5.74) is 1.54. The minimum atomic E-state index is -3.55. The lowest BCUT2D eigenvalue weighted by Crippen LogP contribution is -2.21. The van der Waals surface area contributed by atoms with Crippen molar-refractivity contribution in [2.45, 2.75) is 43.8 Å². The lowest BCUT2D eigenvalue weighted by atomic mass is 10.1. The second kappa shape index (κ2) is 6.85. The molecule has 0 fully saturated rings. The van der Waals surface area contributed by atoms with Gasteiger partial charge in [-0.3, -0.25) is 9.59 Å². The van der Waals surface area contributed by atoms with Crippen LogP contribution in [0.15, 0.2) is 17.0 Å². The minimum absolute atomic E-state index is 0.0570. The van der Waals surface area contributed by atoms with Crippen LogP contribution in [0.3, 0.4) is 0 Å². The van der Waals surface area contributed by atoms with Crippen molar-refractivity contribution < 1.29 is 22.7 Å². The first-order valence-electron chi connectivity index (χ1n) is 6.61. The van der Waals surface area contributed by atoms with Gasteiger partial charge < -0.3 is 4.74 Å². The Balaban J connectivity index is 3.13. The van der Waals surface area contributed by atoms with Crippen molar-refractivity contribution in [2.24, 2.45) is 0 Å². The van der Waals surface area contributed by atoms with Crippen LogP contribution in [-0.2, 0) is 19.4 Å². The Morgan fingerprint density at radius 2 is 1.81 bits per heavy atom. The Hall–Kier alpha value is -1.69. The van der Waals surface area contributed by atoms with Gasteiger partial charge in [-0.25, -0.2) is 8.42 Å². The summed E-state index contributed by atoms with van der Waals surface area (Å²) in [6, 6.07) is 3.11. The van der Waals surface area contributed by atoms with Crippen LogP contribution in [-0.4, -0.2) is 33.0 Å². The first-order valence-corrected chi connectivity index (χ1v) is 8.15. The number of benzene rings is 1. The summed E-state index contributed by atoms with van der Waals surface area (Å²) < 4.78 is 29.8. The first-order chi connectivity index (χ1) is 9.73. The van der Waals surface area contributed by atoms with Crippen molar-refractivity contribution in [1.29, 1.82) is 0 Å². The second-order valence-electron chi connectivity index (χ2n) is 5.07. The van der Waals surface area contributed by atoms with Crippen LogP contribution in [0.2, 0.25) is 0 Å². The van der Waals surface area contributed by atoms with Crippen LogP contribution in [0.4, 0.5) is 0 Å². The molecule has 0 aromatic heterocycles. The van der Waals surface area contributed by atoms with Crippen molar-refractivity contribution >= 4 is 22.1 Å². The molecule has 0 aliphatic heterocycles. The predicted molar refractivity (Wildman–Crippen MR) is 79.2 cm³/mol. The number of carbonyl (C=O) groups is 2. The van der Waals surface area contributed by atoms with Gasteiger partial charge >= 0.3 is 5.97 Å². The highest BCUT2D eigenvalue weighted by Crippen LogP contribution is 2.27. The average Bonchev–Trinajstić information content (AvgIpc) is 2.42. The number of hydrogen-bond donors (Lipinski definition) is 0. The fraction of sp³-hybridized carbons (Fsp3) is 0.467. The molecule has 0 aliphatic carbocycles. The summed E-state index contributed by atoms with van der Waals surface area (Å²) in [6.07, 6.45) is 0.946. The average molecular weight is 312 g/mol. The predicted octanol–water partition coefficient (Wildman–Crippen LogP) is 2.23. The van der Waals surface area contributed by atoms with E-state index in [0.717, 1.165) is 0 Å². The summed E-state index contributed by atoms with van der Waals surface area (Å²) in [7, 11) is -2.28. The third-order valence-electron chi connectivity index (χ3n) is 3.42. The maximum atomic E-state index is 12.6. The summed E-state index contributed by atoms with van der Waals surface area (Å²) in [6.45, 7) is 4.91. The van der Waals surface area contributed by atoms with Crippen LogP contribution >= 0.6 is 0 Å². The fourth-order valence-electron chi connectivity index (χ4n) is 2.28. The number of aryl methyl sites for hydroxylation is 2. The van der Waals surface area contributed by atoms with Crippen LogP contribution in [0, 0.1) is 13.8 Å². The quantitative estimate of drug-likeness (QED) is 0.594. The van der Waals surface area contributed by atoms with E-state index < -0.39 is 21.1 Å². The van der Waals surface area contributed by atoms with E-state index in [1.807, 2.05) is 0 Å². The minimum Gasteiger partial charge on any atom is -0.469 e. The molecule has 0 saturated carbocycles. The Kier molecular flexibility index (Phi) is 5.66. The third kappa shape index (κ3) is 3.91. The highest BCUT2D eigenvalue weighted by Gasteiger charge is 2.27. The van der Waals surface area contributed by atoms with Gasteiger partial charge in [0.05, 0.1) is 17.3 Å². The zero-order chi connectivity index (χ0) is 16.2. The van der Waals surface area contributed by atoms with Crippen LogP contribution in [0.1, 0.15) is 41.3 Å². The second-order valence-corrected chi connectivity index (χ2v) is 7.38. The van der Waals surface area contributed by atoms with Gasteiger partial charge in [0.2, 0.25) is 0 Å². The van der Waals surface area contributed by atoms with Crippen molar-refractivity contribution in [2.75, 3.05) is 7.11 Å². The Morgan fingerprint density at radius 1 is 1.29 bits per heavy atom. The number of sulfone groups is 1. The van der Waals surface area contributed by atoms with E-state index in [1.54, 1.807) is 32.9 Å². The Labute approximate surface area is 125 Å². The smallest absolute Gasteiger partial charge is 0.305 e. The van der Waals surface area contributed by atoms with Gasteiger partial charge in [0, 0.05) is 12.0 Å². The summed E-state index contributed by atoms with van der Waals surface area (Å²) in [5.74, 6) is -0.429. The van der Waals surface area contributed by atoms with Crippen molar-refractivity contribution in [3.63, 3.8) is 0 Å². The van der Waals surface area contributed by atoms with E-state index in [2.05, 4.69) is 4.74 Å². The molecule has 0 aliphatic rings. The van der Waals surface area contributed by atoms with Crippen molar-refractivity contribution in [3.8, 4) is 0 Å². The van der Waals surface area contributed by atoms with Gasteiger partial charge in [-0.2, -0.15) is 0 Å². The van der Waals surface area contributed by atoms with E-state index >= 15 is 0 Å². The Bertz CT molecular complexity index is 623. The van der Waals surface area contributed by atoms with E-state index in [-0.39, 0.29) is 17.7 Å². The molecule has 0 heterocycles. The molecular formula is C15H20O5S. The van der Waals surface area contributed by atoms with Crippen molar-refractivity contribution in [1.82, 2.24) is 0 Å². The maximum absolute atomic E-state index is 12.6. The highest BCUT2D eigenvalue weighted by molar-refractivity contribution is 7.92. The van der Waals surface area contributed by atoms with E-state index in [1.165, 1.54) is 7.11 Å². The van der Waals surface area contributed by atoms with E-state index in [4.69, 9.17) is 0 Å². The maximum Gasteiger partial charge on any atom is 0.305 e. The van der Waals surface area contributed by atoms with Gasteiger partial charge in [-0.05, 0) is 50.5 Å². The number of rotatable bonds is 6. The molecule has 0 radical (unpaired) electrons. The van der Waals surface area contributed by atoms with Gasteiger partial charge in [-0.15, -0.1) is 0 Å². The molecule has 6 heteroatoms. The summed E-state index contributed by atoms with van der Waals surface area (Å²) in [5, 5.41) is -0.698. The molecule has 21 heavy (non-hydrogen) atoms. The molecular weight excluding hydrogens is 292 g/mol. The molecule has 0 spiro atoms. The monoisotopic (exact) mass is 312 g/mol. The normalized spacial score (nSPS) is 12.8. The third-order valence-corrected chi connectivity index (χ3v) is 5.92.